The van der Waals surface area contributed by atoms with E-state index in [0.717, 1.165) is 16.0 Å². The minimum atomic E-state index is -4.66. The van der Waals surface area contributed by atoms with Gasteiger partial charge in [0.05, 0.1) is 18.9 Å². The molecule has 1 aliphatic heterocycles. The highest BCUT2D eigenvalue weighted by molar-refractivity contribution is 5.77. The average Bonchev–Trinajstić information content (AvgIpc) is 2.99. The van der Waals surface area contributed by atoms with Crippen LogP contribution in [0.1, 0.15) is 11.1 Å². The lowest BCUT2D eigenvalue weighted by Gasteiger charge is -2.19. The maximum atomic E-state index is 12.9. The van der Waals surface area contributed by atoms with Gasteiger partial charge in [0.15, 0.2) is 0 Å². The number of amides is 2. The number of carbonyl (C=O) groups is 2. The molecule has 138 valence electrons. The number of aryl methyl sites for hydroxylation is 1. The first-order valence-corrected chi connectivity index (χ1v) is 7.59. The number of methoxy groups -OCH3 is 1. The summed E-state index contributed by atoms with van der Waals surface area (Å²) >= 11 is 0. The average molecular weight is 360 g/mol. The molecule has 0 unspecified atom stereocenters. The molecule has 0 spiro atoms. The van der Waals surface area contributed by atoms with Crippen molar-refractivity contribution in [1.29, 1.82) is 0 Å². The van der Waals surface area contributed by atoms with Crippen LogP contribution in [0.4, 0.5) is 18.0 Å². The van der Waals surface area contributed by atoms with E-state index in [1.165, 1.54) is 7.11 Å². The molecule has 1 aromatic carbocycles. The minimum Gasteiger partial charge on any atom is -0.496 e. The molecular formula is C16H19F3N2O4. The van der Waals surface area contributed by atoms with Crippen LogP contribution in [0.3, 0.4) is 0 Å². The van der Waals surface area contributed by atoms with E-state index in [4.69, 9.17) is 9.84 Å². The molecule has 1 fully saturated rings. The zero-order valence-corrected chi connectivity index (χ0v) is 13.8. The van der Waals surface area contributed by atoms with Gasteiger partial charge in [-0.25, -0.2) is 4.79 Å². The summed E-state index contributed by atoms with van der Waals surface area (Å²) < 4.78 is 44.0. The molecule has 2 atom stereocenters. The number of rotatable bonds is 4. The van der Waals surface area contributed by atoms with E-state index >= 15 is 0 Å². The van der Waals surface area contributed by atoms with Crippen LogP contribution in [0.5, 0.6) is 5.75 Å². The molecule has 1 saturated heterocycles. The number of halogens is 3. The molecule has 1 aliphatic rings. The summed E-state index contributed by atoms with van der Waals surface area (Å²) in [4.78, 5) is 24.0. The SMILES string of the molecule is COc1cc(CNC(=O)N2C[C@@H](C(F)(F)F)[C@H](C(=O)O)C2)ccc1C. The van der Waals surface area contributed by atoms with E-state index in [-0.39, 0.29) is 6.54 Å². The van der Waals surface area contributed by atoms with Crippen molar-refractivity contribution < 1.29 is 32.6 Å². The number of benzene rings is 1. The highest BCUT2D eigenvalue weighted by atomic mass is 19.4. The van der Waals surface area contributed by atoms with Crippen LogP contribution in [0.2, 0.25) is 0 Å². The predicted octanol–water partition coefficient (Wildman–Crippen LogP) is 2.41. The molecule has 0 aliphatic carbocycles. The standard InChI is InChI=1S/C16H19F3N2O4/c1-9-3-4-10(5-13(9)25-2)6-20-15(24)21-7-11(14(22)23)12(8-21)16(17,18)19/h3-5,11-12H,6-8H2,1-2H3,(H,20,24)(H,22,23)/t11-,12-/m1/s1. The number of carboxylic acids is 1. The highest BCUT2D eigenvalue weighted by Crippen LogP contribution is 2.37. The van der Waals surface area contributed by atoms with E-state index < -0.39 is 43.1 Å². The maximum absolute atomic E-state index is 12.9. The molecule has 0 bridgehead atoms. The Hall–Kier alpha value is -2.45. The zero-order chi connectivity index (χ0) is 18.8. The Balaban J connectivity index is 2.00. The molecular weight excluding hydrogens is 341 g/mol. The molecule has 25 heavy (non-hydrogen) atoms. The van der Waals surface area contributed by atoms with Crippen LogP contribution >= 0.6 is 0 Å². The monoisotopic (exact) mass is 360 g/mol. The van der Waals surface area contributed by atoms with Gasteiger partial charge in [-0.3, -0.25) is 4.79 Å². The third-order valence-electron chi connectivity index (χ3n) is 4.26. The van der Waals surface area contributed by atoms with Crippen LogP contribution in [0, 0.1) is 18.8 Å². The second-order valence-electron chi connectivity index (χ2n) is 5.96. The highest BCUT2D eigenvalue weighted by Gasteiger charge is 2.53. The van der Waals surface area contributed by atoms with Crippen molar-refractivity contribution >= 4 is 12.0 Å². The fourth-order valence-corrected chi connectivity index (χ4v) is 2.82. The molecule has 6 nitrogen and oxygen atoms in total. The lowest BCUT2D eigenvalue weighted by atomic mass is 9.96. The molecule has 1 heterocycles. The Labute approximate surface area is 142 Å². The van der Waals surface area contributed by atoms with Crippen molar-refractivity contribution in [3.63, 3.8) is 0 Å². The number of ether oxygens (including phenoxy) is 1. The minimum absolute atomic E-state index is 0.0976. The Morgan fingerprint density at radius 1 is 1.36 bits per heavy atom. The first-order valence-electron chi connectivity index (χ1n) is 7.59. The zero-order valence-electron chi connectivity index (χ0n) is 13.8. The molecule has 9 heteroatoms. The quantitative estimate of drug-likeness (QED) is 0.864. The van der Waals surface area contributed by atoms with Gasteiger partial charge in [-0.2, -0.15) is 13.2 Å². The number of alkyl halides is 3. The third kappa shape index (κ3) is 4.34. The smallest absolute Gasteiger partial charge is 0.394 e. The predicted molar refractivity (Wildman–Crippen MR) is 82.2 cm³/mol. The van der Waals surface area contributed by atoms with Gasteiger partial charge in [-0.05, 0) is 24.1 Å². The van der Waals surface area contributed by atoms with Crippen LogP contribution in [0.25, 0.3) is 0 Å². The first-order chi connectivity index (χ1) is 11.6. The van der Waals surface area contributed by atoms with E-state index in [0.29, 0.717) is 5.75 Å². The van der Waals surface area contributed by atoms with E-state index in [1.54, 1.807) is 18.2 Å². The van der Waals surface area contributed by atoms with Gasteiger partial charge in [0.1, 0.15) is 5.75 Å². The van der Waals surface area contributed by atoms with Crippen molar-refractivity contribution in [1.82, 2.24) is 10.2 Å². The van der Waals surface area contributed by atoms with E-state index in [2.05, 4.69) is 5.32 Å². The van der Waals surface area contributed by atoms with Gasteiger partial charge < -0.3 is 20.1 Å². The van der Waals surface area contributed by atoms with Crippen LogP contribution < -0.4 is 10.1 Å². The lowest BCUT2D eigenvalue weighted by Crippen LogP contribution is -2.39. The van der Waals surface area contributed by atoms with Crippen LogP contribution in [-0.2, 0) is 11.3 Å². The summed E-state index contributed by atoms with van der Waals surface area (Å²) in [5.41, 5.74) is 1.63. The molecule has 1 aromatic rings. The van der Waals surface area contributed by atoms with Crippen molar-refractivity contribution in [3.05, 3.63) is 29.3 Å². The van der Waals surface area contributed by atoms with Crippen molar-refractivity contribution in [2.75, 3.05) is 20.2 Å². The summed E-state index contributed by atoms with van der Waals surface area (Å²) in [6.07, 6.45) is -4.66. The fraction of sp³-hybridized carbons (Fsp3) is 0.500. The number of hydrogen-bond acceptors (Lipinski definition) is 3. The molecule has 0 radical (unpaired) electrons. The van der Waals surface area contributed by atoms with Gasteiger partial charge in [0.25, 0.3) is 0 Å². The Bertz CT molecular complexity index is 663. The number of aliphatic carboxylic acids is 1. The number of hydrogen-bond donors (Lipinski definition) is 2. The molecule has 2 amide bonds. The Morgan fingerprint density at radius 3 is 2.56 bits per heavy atom. The summed E-state index contributed by atoms with van der Waals surface area (Å²) in [5.74, 6) is -4.63. The summed E-state index contributed by atoms with van der Waals surface area (Å²) in [6.45, 7) is 0.821. The second-order valence-corrected chi connectivity index (χ2v) is 5.96. The number of carboxylic acid groups (broad SMARTS) is 1. The lowest BCUT2D eigenvalue weighted by molar-refractivity contribution is -0.187. The Morgan fingerprint density at radius 2 is 2.04 bits per heavy atom. The molecule has 0 aromatic heterocycles. The van der Waals surface area contributed by atoms with Crippen molar-refractivity contribution in [2.45, 2.75) is 19.6 Å². The maximum Gasteiger partial charge on any atom is 0.394 e. The van der Waals surface area contributed by atoms with Crippen molar-refractivity contribution in [2.24, 2.45) is 11.8 Å². The van der Waals surface area contributed by atoms with Crippen LogP contribution in [-0.4, -0.2) is 48.4 Å². The number of carbonyl (C=O) groups excluding carboxylic acids is 1. The van der Waals surface area contributed by atoms with Gasteiger partial charge >= 0.3 is 18.2 Å². The number of likely N-dealkylation sites (tertiary alicyclic amines) is 1. The summed E-state index contributed by atoms with van der Waals surface area (Å²) in [7, 11) is 1.51. The van der Waals surface area contributed by atoms with E-state index in [9.17, 15) is 22.8 Å². The summed E-state index contributed by atoms with van der Waals surface area (Å²) in [5, 5.41) is 11.5. The fourth-order valence-electron chi connectivity index (χ4n) is 2.82. The Kier molecular flexibility index (Phi) is 5.44. The number of nitrogens with zero attached hydrogens (tertiary/aromatic N) is 1. The van der Waals surface area contributed by atoms with Crippen molar-refractivity contribution in [3.8, 4) is 5.75 Å². The third-order valence-corrected chi connectivity index (χ3v) is 4.26. The normalized spacial score (nSPS) is 20.4. The van der Waals surface area contributed by atoms with Gasteiger partial charge in [-0.15, -0.1) is 0 Å². The summed E-state index contributed by atoms with van der Waals surface area (Å²) in [6, 6.07) is 4.56. The molecule has 0 saturated carbocycles. The second kappa shape index (κ2) is 7.20. The van der Waals surface area contributed by atoms with Gasteiger partial charge in [-0.1, -0.05) is 12.1 Å². The number of urea groups is 1. The van der Waals surface area contributed by atoms with Gasteiger partial charge in [0, 0.05) is 19.6 Å². The largest absolute Gasteiger partial charge is 0.496 e. The number of nitrogens with one attached hydrogen (secondary N) is 1. The first kappa shape index (κ1) is 18.9. The van der Waals surface area contributed by atoms with Gasteiger partial charge in [0.2, 0.25) is 0 Å². The topological polar surface area (TPSA) is 78.9 Å². The van der Waals surface area contributed by atoms with E-state index in [1.807, 2.05) is 6.92 Å². The molecule has 2 N–H and O–H groups in total. The van der Waals surface area contributed by atoms with Crippen LogP contribution in [0.15, 0.2) is 18.2 Å². The molecule has 2 rings (SSSR count).